The van der Waals surface area contributed by atoms with E-state index in [1.54, 1.807) is 0 Å². The number of nitrogens with zero attached hydrogens (tertiary/aromatic N) is 1. The third kappa shape index (κ3) is 3.12. The van der Waals surface area contributed by atoms with Crippen molar-refractivity contribution in [3.05, 3.63) is 29.8 Å². The topological polar surface area (TPSA) is 59.6 Å². The number of aliphatic imine (C=N–C) groups is 1. The minimum Gasteiger partial charge on any atom is -0.468 e. The lowest BCUT2D eigenvalue weighted by molar-refractivity contribution is 0.0863. The lowest BCUT2D eigenvalue weighted by atomic mass is 9.94. The number of ether oxygens (including phenoxy) is 1. The first-order valence-electron chi connectivity index (χ1n) is 7.29. The number of nitrogens with two attached hydrogens (primary N) is 1. The largest absolute Gasteiger partial charge is 0.468 e. The molecule has 0 saturated carbocycles. The van der Waals surface area contributed by atoms with Crippen molar-refractivity contribution in [1.82, 2.24) is 5.32 Å². The van der Waals surface area contributed by atoms with Crippen LogP contribution in [-0.2, 0) is 0 Å². The Balaban J connectivity index is 2.31. The van der Waals surface area contributed by atoms with Gasteiger partial charge in [0.1, 0.15) is 11.6 Å². The molecule has 110 valence electrons. The van der Waals surface area contributed by atoms with Gasteiger partial charge in [0, 0.05) is 5.54 Å². The van der Waals surface area contributed by atoms with Crippen molar-refractivity contribution in [2.45, 2.75) is 51.8 Å². The average molecular weight is 275 g/mol. The van der Waals surface area contributed by atoms with Crippen molar-refractivity contribution in [3.63, 3.8) is 0 Å². The zero-order chi connectivity index (χ0) is 14.8. The van der Waals surface area contributed by atoms with Gasteiger partial charge in [0.05, 0.1) is 12.1 Å². The van der Waals surface area contributed by atoms with E-state index in [0.717, 1.165) is 30.0 Å². The summed E-state index contributed by atoms with van der Waals surface area (Å²) < 4.78 is 5.91. The minimum atomic E-state index is -0.455. The van der Waals surface area contributed by atoms with Crippen molar-refractivity contribution >= 4 is 5.84 Å². The molecule has 0 unspecified atom stereocenters. The molecule has 1 aromatic rings. The Hall–Kier alpha value is -1.55. The molecule has 0 fully saturated rings. The Morgan fingerprint density at radius 1 is 1.25 bits per heavy atom. The smallest absolute Gasteiger partial charge is 0.176 e. The summed E-state index contributed by atoms with van der Waals surface area (Å²) >= 11 is 0. The molecule has 4 heteroatoms. The molecule has 0 spiro atoms. The summed E-state index contributed by atoms with van der Waals surface area (Å²) in [4.78, 5) is 4.73. The molecule has 4 nitrogen and oxygen atoms in total. The SMILES string of the molecule is CCC(N)(CC)CN=C1NC(C)(C)Oc2ccccc21. The maximum absolute atomic E-state index is 6.34. The van der Waals surface area contributed by atoms with Crippen molar-refractivity contribution in [1.29, 1.82) is 0 Å². The van der Waals surface area contributed by atoms with Gasteiger partial charge in [-0.3, -0.25) is 4.99 Å². The Labute approximate surface area is 121 Å². The highest BCUT2D eigenvalue weighted by Crippen LogP contribution is 2.27. The normalized spacial score (nSPS) is 19.1. The molecule has 0 atom stereocenters. The van der Waals surface area contributed by atoms with Crippen molar-refractivity contribution < 1.29 is 4.74 Å². The van der Waals surface area contributed by atoms with Crippen LogP contribution >= 0.6 is 0 Å². The van der Waals surface area contributed by atoms with E-state index in [0.29, 0.717) is 6.54 Å². The van der Waals surface area contributed by atoms with Gasteiger partial charge in [-0.1, -0.05) is 26.0 Å². The molecule has 1 aliphatic heterocycles. The molecule has 1 aromatic carbocycles. The van der Waals surface area contributed by atoms with Gasteiger partial charge in [0.15, 0.2) is 5.72 Å². The number of fused-ring (bicyclic) bond motifs is 1. The minimum absolute atomic E-state index is 0.230. The van der Waals surface area contributed by atoms with Gasteiger partial charge in [-0.2, -0.15) is 0 Å². The van der Waals surface area contributed by atoms with Gasteiger partial charge >= 0.3 is 0 Å². The van der Waals surface area contributed by atoms with Crippen LogP contribution in [0.3, 0.4) is 0 Å². The van der Waals surface area contributed by atoms with Crippen LogP contribution in [0.1, 0.15) is 46.1 Å². The third-order valence-corrected chi connectivity index (χ3v) is 3.89. The first-order valence-corrected chi connectivity index (χ1v) is 7.29. The average Bonchev–Trinajstić information content (AvgIpc) is 2.43. The summed E-state index contributed by atoms with van der Waals surface area (Å²) in [6.07, 6.45) is 1.84. The zero-order valence-corrected chi connectivity index (χ0v) is 12.9. The standard InChI is InChI=1S/C16H25N3O/c1-5-16(17,6-2)11-18-14-12-9-7-8-10-13(12)20-15(3,4)19-14/h7-10H,5-6,11,17H2,1-4H3,(H,18,19). The van der Waals surface area contributed by atoms with Crippen LogP contribution in [0.15, 0.2) is 29.3 Å². The molecule has 0 saturated heterocycles. The van der Waals surface area contributed by atoms with Crippen LogP contribution in [0, 0.1) is 0 Å². The van der Waals surface area contributed by atoms with Crippen molar-refractivity contribution in [2.24, 2.45) is 10.7 Å². The summed E-state index contributed by atoms with van der Waals surface area (Å²) in [5.41, 5.74) is 6.65. The Kier molecular flexibility index (Phi) is 4.04. The first-order chi connectivity index (χ1) is 9.39. The second-order valence-electron chi connectivity index (χ2n) is 5.97. The van der Waals surface area contributed by atoms with E-state index in [2.05, 4.69) is 19.2 Å². The van der Waals surface area contributed by atoms with E-state index in [1.807, 2.05) is 38.1 Å². The number of amidine groups is 1. The molecule has 0 amide bonds. The summed E-state index contributed by atoms with van der Waals surface area (Å²) in [5.74, 6) is 1.74. The van der Waals surface area contributed by atoms with Crippen LogP contribution in [-0.4, -0.2) is 23.6 Å². The Morgan fingerprint density at radius 3 is 2.55 bits per heavy atom. The maximum Gasteiger partial charge on any atom is 0.176 e. The molecule has 3 N–H and O–H groups in total. The molecule has 0 aliphatic carbocycles. The number of hydrogen-bond acceptors (Lipinski definition) is 3. The van der Waals surface area contributed by atoms with Gasteiger partial charge in [-0.05, 0) is 38.8 Å². The molecular formula is C16H25N3O. The third-order valence-electron chi connectivity index (χ3n) is 3.89. The molecule has 20 heavy (non-hydrogen) atoms. The Morgan fingerprint density at radius 2 is 1.90 bits per heavy atom. The number of para-hydroxylation sites is 1. The molecule has 0 radical (unpaired) electrons. The highest BCUT2D eigenvalue weighted by molar-refractivity contribution is 6.02. The van der Waals surface area contributed by atoms with Crippen LogP contribution in [0.25, 0.3) is 0 Å². The monoisotopic (exact) mass is 275 g/mol. The molecular weight excluding hydrogens is 250 g/mol. The van der Waals surface area contributed by atoms with Crippen LogP contribution < -0.4 is 15.8 Å². The van der Waals surface area contributed by atoms with Gasteiger partial charge < -0.3 is 15.8 Å². The van der Waals surface area contributed by atoms with Gasteiger partial charge in [0.2, 0.25) is 0 Å². The molecule has 2 rings (SSSR count). The van der Waals surface area contributed by atoms with E-state index >= 15 is 0 Å². The van der Waals surface area contributed by atoms with E-state index in [4.69, 9.17) is 15.5 Å². The number of benzene rings is 1. The number of hydrogen-bond donors (Lipinski definition) is 2. The van der Waals surface area contributed by atoms with E-state index in [1.165, 1.54) is 0 Å². The van der Waals surface area contributed by atoms with Gasteiger partial charge in [-0.15, -0.1) is 0 Å². The van der Waals surface area contributed by atoms with Crippen LogP contribution in [0.5, 0.6) is 5.75 Å². The lowest BCUT2D eigenvalue weighted by Gasteiger charge is -2.35. The number of rotatable bonds is 4. The number of nitrogens with one attached hydrogen (secondary N) is 1. The predicted octanol–water partition coefficient (Wildman–Crippen LogP) is 2.67. The predicted molar refractivity (Wildman–Crippen MR) is 83.2 cm³/mol. The molecule has 1 aliphatic rings. The van der Waals surface area contributed by atoms with E-state index in [9.17, 15) is 0 Å². The van der Waals surface area contributed by atoms with Crippen molar-refractivity contribution in [2.75, 3.05) is 6.54 Å². The fourth-order valence-electron chi connectivity index (χ4n) is 2.24. The van der Waals surface area contributed by atoms with Gasteiger partial charge in [0.25, 0.3) is 0 Å². The van der Waals surface area contributed by atoms with Gasteiger partial charge in [-0.25, -0.2) is 0 Å². The van der Waals surface area contributed by atoms with E-state index in [-0.39, 0.29) is 5.54 Å². The van der Waals surface area contributed by atoms with Crippen LogP contribution in [0.4, 0.5) is 0 Å². The van der Waals surface area contributed by atoms with Crippen molar-refractivity contribution in [3.8, 4) is 5.75 Å². The lowest BCUT2D eigenvalue weighted by Crippen LogP contribution is -2.52. The highest BCUT2D eigenvalue weighted by atomic mass is 16.5. The molecule has 0 bridgehead atoms. The second kappa shape index (κ2) is 5.44. The summed E-state index contributed by atoms with van der Waals surface area (Å²) in [6.45, 7) is 8.83. The first kappa shape index (κ1) is 14.9. The Bertz CT molecular complexity index is 504. The zero-order valence-electron chi connectivity index (χ0n) is 12.9. The quantitative estimate of drug-likeness (QED) is 0.888. The van der Waals surface area contributed by atoms with Crippen LogP contribution in [0.2, 0.25) is 0 Å². The fraction of sp³-hybridized carbons (Fsp3) is 0.562. The highest BCUT2D eigenvalue weighted by Gasteiger charge is 2.30. The molecule has 1 heterocycles. The second-order valence-corrected chi connectivity index (χ2v) is 5.97. The summed E-state index contributed by atoms with van der Waals surface area (Å²) in [7, 11) is 0. The fourth-order valence-corrected chi connectivity index (χ4v) is 2.24. The summed E-state index contributed by atoms with van der Waals surface area (Å²) in [5, 5.41) is 3.34. The molecule has 0 aromatic heterocycles. The maximum atomic E-state index is 6.34. The summed E-state index contributed by atoms with van der Waals surface area (Å²) in [6, 6.07) is 7.96. The van der Waals surface area contributed by atoms with E-state index < -0.39 is 5.72 Å².